The summed E-state index contributed by atoms with van der Waals surface area (Å²) in [5.41, 5.74) is 0.222. The Balaban J connectivity index is 2.15. The van der Waals surface area contributed by atoms with E-state index >= 15 is 0 Å². The number of hydrogen-bond acceptors (Lipinski definition) is 5. The molecule has 0 aliphatic carbocycles. The summed E-state index contributed by atoms with van der Waals surface area (Å²) in [4.78, 5) is 12.4. The van der Waals surface area contributed by atoms with E-state index in [4.69, 9.17) is 0 Å². The van der Waals surface area contributed by atoms with Crippen LogP contribution in [0.15, 0.2) is 36.7 Å². The van der Waals surface area contributed by atoms with Gasteiger partial charge in [-0.3, -0.25) is 0 Å². The molecule has 3 rings (SSSR count). The van der Waals surface area contributed by atoms with Gasteiger partial charge in [-0.1, -0.05) is 0 Å². The van der Waals surface area contributed by atoms with Gasteiger partial charge in [-0.2, -0.15) is 20.1 Å². The summed E-state index contributed by atoms with van der Waals surface area (Å²) in [5, 5.41) is 6.80. The van der Waals surface area contributed by atoms with Gasteiger partial charge in [-0.05, 0) is 18.2 Å². The monoisotopic (exact) mass is 288 g/mol. The molecule has 3 aromatic rings. The lowest BCUT2D eigenvalue weighted by molar-refractivity contribution is 0.584. The van der Waals surface area contributed by atoms with E-state index in [1.54, 1.807) is 25.5 Å². The zero-order chi connectivity index (χ0) is 14.8. The van der Waals surface area contributed by atoms with Crippen molar-refractivity contribution in [3.63, 3.8) is 0 Å². The third kappa shape index (κ3) is 2.69. The normalized spacial score (nSPS) is 10.6. The fourth-order valence-corrected chi connectivity index (χ4v) is 1.78. The number of halogens is 2. The first-order valence-electron chi connectivity index (χ1n) is 6.06. The van der Waals surface area contributed by atoms with Crippen LogP contribution in [-0.4, -0.2) is 31.8 Å². The minimum absolute atomic E-state index is 0.151. The van der Waals surface area contributed by atoms with E-state index in [2.05, 4.69) is 25.4 Å². The SMILES string of the molecule is CNc1nc(-c2cc(F)cc(F)c2)nc(-n2cccn2)n1. The third-order valence-corrected chi connectivity index (χ3v) is 2.68. The van der Waals surface area contributed by atoms with Crippen LogP contribution in [0.4, 0.5) is 14.7 Å². The van der Waals surface area contributed by atoms with E-state index < -0.39 is 11.6 Å². The average Bonchev–Trinajstić information content (AvgIpc) is 3.00. The molecule has 1 N–H and O–H groups in total. The smallest absolute Gasteiger partial charge is 0.255 e. The molecule has 21 heavy (non-hydrogen) atoms. The average molecular weight is 288 g/mol. The Bertz CT molecular complexity index is 752. The maximum Gasteiger partial charge on any atom is 0.255 e. The van der Waals surface area contributed by atoms with Crippen molar-refractivity contribution in [2.75, 3.05) is 12.4 Å². The van der Waals surface area contributed by atoms with Crippen molar-refractivity contribution in [1.29, 1.82) is 0 Å². The predicted octanol–water partition coefficient (Wildman–Crippen LogP) is 2.04. The van der Waals surface area contributed by atoms with Gasteiger partial charge < -0.3 is 5.32 Å². The molecule has 2 heterocycles. The van der Waals surface area contributed by atoms with Crippen molar-refractivity contribution in [1.82, 2.24) is 24.7 Å². The molecule has 0 unspecified atom stereocenters. The van der Waals surface area contributed by atoms with E-state index in [9.17, 15) is 8.78 Å². The maximum atomic E-state index is 13.3. The molecule has 2 aromatic heterocycles. The van der Waals surface area contributed by atoms with Crippen LogP contribution < -0.4 is 5.32 Å². The van der Waals surface area contributed by atoms with Gasteiger partial charge in [0.25, 0.3) is 5.95 Å². The van der Waals surface area contributed by atoms with Crippen LogP contribution in [0, 0.1) is 11.6 Å². The van der Waals surface area contributed by atoms with Gasteiger partial charge in [0.15, 0.2) is 5.82 Å². The lowest BCUT2D eigenvalue weighted by atomic mass is 10.2. The van der Waals surface area contributed by atoms with Gasteiger partial charge in [0, 0.05) is 31.1 Å². The molecule has 0 atom stereocenters. The van der Waals surface area contributed by atoms with Crippen molar-refractivity contribution in [2.24, 2.45) is 0 Å². The second kappa shape index (κ2) is 5.23. The zero-order valence-corrected chi connectivity index (χ0v) is 11.0. The molecule has 1 aromatic carbocycles. The summed E-state index contributed by atoms with van der Waals surface area (Å²) in [5.74, 6) is -0.721. The first kappa shape index (κ1) is 13.1. The Labute approximate surface area is 118 Å². The van der Waals surface area contributed by atoms with Gasteiger partial charge in [-0.15, -0.1) is 0 Å². The summed E-state index contributed by atoms with van der Waals surface area (Å²) in [6.07, 6.45) is 3.23. The lowest BCUT2D eigenvalue weighted by Gasteiger charge is -2.07. The third-order valence-electron chi connectivity index (χ3n) is 2.68. The Morgan fingerprint density at radius 2 is 1.81 bits per heavy atom. The van der Waals surface area contributed by atoms with Gasteiger partial charge in [0.1, 0.15) is 11.6 Å². The van der Waals surface area contributed by atoms with Crippen molar-refractivity contribution in [3.05, 3.63) is 48.3 Å². The van der Waals surface area contributed by atoms with Crippen LogP contribution in [0.5, 0.6) is 0 Å². The Kier molecular flexibility index (Phi) is 3.27. The topological polar surface area (TPSA) is 68.5 Å². The predicted molar refractivity (Wildman–Crippen MR) is 71.8 cm³/mol. The summed E-state index contributed by atoms with van der Waals surface area (Å²) in [6, 6.07) is 4.82. The highest BCUT2D eigenvalue weighted by Gasteiger charge is 2.11. The lowest BCUT2D eigenvalue weighted by Crippen LogP contribution is -2.08. The standard InChI is InChI=1S/C13H10F2N6/c1-16-12-18-11(8-5-9(14)7-10(15)6-8)19-13(20-12)21-4-2-3-17-21/h2-7H,1H3,(H,16,18,19,20). The number of rotatable bonds is 3. The van der Waals surface area contributed by atoms with Crippen molar-refractivity contribution >= 4 is 5.95 Å². The van der Waals surface area contributed by atoms with Crippen LogP contribution in [0.2, 0.25) is 0 Å². The van der Waals surface area contributed by atoms with Crippen LogP contribution in [0.3, 0.4) is 0 Å². The Morgan fingerprint density at radius 1 is 1.05 bits per heavy atom. The second-order valence-corrected chi connectivity index (χ2v) is 4.14. The Morgan fingerprint density at radius 3 is 2.43 bits per heavy atom. The minimum atomic E-state index is -0.697. The quantitative estimate of drug-likeness (QED) is 0.798. The van der Waals surface area contributed by atoms with Crippen molar-refractivity contribution < 1.29 is 8.78 Å². The van der Waals surface area contributed by atoms with Gasteiger partial charge in [0.05, 0.1) is 0 Å². The number of anilines is 1. The molecular weight excluding hydrogens is 278 g/mol. The summed E-state index contributed by atoms with van der Waals surface area (Å²) in [6.45, 7) is 0. The zero-order valence-electron chi connectivity index (χ0n) is 11.0. The van der Waals surface area contributed by atoms with E-state index in [0.29, 0.717) is 0 Å². The highest BCUT2D eigenvalue weighted by Crippen LogP contribution is 2.20. The number of hydrogen-bond donors (Lipinski definition) is 1. The first-order chi connectivity index (χ1) is 10.2. The molecule has 0 saturated carbocycles. The van der Waals surface area contributed by atoms with Crippen LogP contribution in [0.25, 0.3) is 17.3 Å². The van der Waals surface area contributed by atoms with E-state index in [0.717, 1.165) is 18.2 Å². The van der Waals surface area contributed by atoms with Crippen LogP contribution in [0.1, 0.15) is 0 Å². The molecule has 106 valence electrons. The van der Waals surface area contributed by atoms with Gasteiger partial charge >= 0.3 is 0 Å². The fraction of sp³-hybridized carbons (Fsp3) is 0.0769. The number of nitrogens with one attached hydrogen (secondary N) is 1. The van der Waals surface area contributed by atoms with E-state index in [-0.39, 0.29) is 23.3 Å². The van der Waals surface area contributed by atoms with Gasteiger partial charge in [-0.25, -0.2) is 13.5 Å². The minimum Gasteiger partial charge on any atom is -0.357 e. The molecule has 0 bridgehead atoms. The molecule has 8 heteroatoms. The number of benzene rings is 1. The van der Waals surface area contributed by atoms with Crippen LogP contribution >= 0.6 is 0 Å². The van der Waals surface area contributed by atoms with Gasteiger partial charge in [0.2, 0.25) is 5.95 Å². The highest BCUT2D eigenvalue weighted by atomic mass is 19.1. The summed E-state index contributed by atoms with van der Waals surface area (Å²) in [7, 11) is 1.64. The molecule has 0 aliphatic heterocycles. The summed E-state index contributed by atoms with van der Waals surface area (Å²) >= 11 is 0. The van der Waals surface area contributed by atoms with E-state index in [1.165, 1.54) is 4.68 Å². The summed E-state index contributed by atoms with van der Waals surface area (Å²) < 4.78 is 28.1. The first-order valence-corrected chi connectivity index (χ1v) is 6.06. The largest absolute Gasteiger partial charge is 0.357 e. The molecule has 0 radical (unpaired) electrons. The Hall–Kier alpha value is -2.90. The van der Waals surface area contributed by atoms with Crippen molar-refractivity contribution in [3.8, 4) is 17.3 Å². The maximum absolute atomic E-state index is 13.3. The molecule has 0 spiro atoms. The van der Waals surface area contributed by atoms with E-state index in [1.807, 2.05) is 0 Å². The molecule has 0 saturated heterocycles. The van der Waals surface area contributed by atoms with Crippen LogP contribution in [-0.2, 0) is 0 Å². The number of aromatic nitrogens is 5. The second-order valence-electron chi connectivity index (χ2n) is 4.14. The highest BCUT2D eigenvalue weighted by molar-refractivity contribution is 5.57. The molecule has 0 fully saturated rings. The number of nitrogens with zero attached hydrogens (tertiary/aromatic N) is 5. The molecular formula is C13H10F2N6. The molecule has 0 aliphatic rings. The molecule has 6 nitrogen and oxygen atoms in total. The molecule has 0 amide bonds. The fourth-order valence-electron chi connectivity index (χ4n) is 1.78. The van der Waals surface area contributed by atoms with Crippen molar-refractivity contribution in [2.45, 2.75) is 0 Å².